The van der Waals surface area contributed by atoms with Gasteiger partial charge in [0.25, 0.3) is 5.91 Å². The van der Waals surface area contributed by atoms with Crippen LogP contribution in [0, 0.1) is 0 Å². The first-order valence-corrected chi connectivity index (χ1v) is 5.70. The largest absolute Gasteiger partial charge is 0.377 e. The number of rotatable bonds is 2. The third-order valence-corrected chi connectivity index (χ3v) is 2.98. The number of benzene rings is 2. The lowest BCUT2D eigenvalue weighted by Gasteiger charge is -2.26. The molecule has 1 fully saturated rings. The Morgan fingerprint density at radius 3 is 2.59 bits per heavy atom. The van der Waals surface area contributed by atoms with E-state index in [9.17, 15) is 4.79 Å². The standard InChI is InChI=1S/C14H13NO2/c16-14(15-13-8-17-9-13)12-6-5-10-3-1-2-4-11(10)7-12/h1-7,13H,8-9H2,(H,15,16). The molecule has 0 atom stereocenters. The number of hydrogen-bond acceptors (Lipinski definition) is 2. The number of amides is 1. The lowest BCUT2D eigenvalue weighted by atomic mass is 10.1. The van der Waals surface area contributed by atoms with Gasteiger partial charge in [-0.05, 0) is 22.9 Å². The molecule has 0 saturated carbocycles. The molecule has 1 saturated heterocycles. The molecule has 1 aliphatic rings. The third kappa shape index (κ3) is 2.01. The van der Waals surface area contributed by atoms with Crippen LogP contribution in [-0.2, 0) is 4.74 Å². The Labute approximate surface area is 99.4 Å². The molecule has 0 radical (unpaired) electrons. The van der Waals surface area contributed by atoms with Crippen LogP contribution in [0.25, 0.3) is 10.8 Å². The molecule has 0 aromatic heterocycles. The molecular weight excluding hydrogens is 214 g/mol. The zero-order valence-electron chi connectivity index (χ0n) is 9.35. The maximum Gasteiger partial charge on any atom is 0.251 e. The second kappa shape index (κ2) is 4.18. The van der Waals surface area contributed by atoms with Crippen molar-refractivity contribution in [2.45, 2.75) is 6.04 Å². The summed E-state index contributed by atoms with van der Waals surface area (Å²) in [6.45, 7) is 1.25. The van der Waals surface area contributed by atoms with E-state index >= 15 is 0 Å². The summed E-state index contributed by atoms with van der Waals surface area (Å²) in [5.74, 6) is -0.0240. The van der Waals surface area contributed by atoms with Crippen LogP contribution in [0.2, 0.25) is 0 Å². The Balaban J connectivity index is 1.86. The number of carbonyl (C=O) groups excluding carboxylic acids is 1. The van der Waals surface area contributed by atoms with Gasteiger partial charge in [-0.2, -0.15) is 0 Å². The van der Waals surface area contributed by atoms with Crippen LogP contribution in [0.5, 0.6) is 0 Å². The summed E-state index contributed by atoms with van der Waals surface area (Å²) in [7, 11) is 0. The van der Waals surface area contributed by atoms with Crippen molar-refractivity contribution in [2.75, 3.05) is 13.2 Å². The van der Waals surface area contributed by atoms with Gasteiger partial charge in [-0.15, -0.1) is 0 Å². The Morgan fingerprint density at radius 2 is 1.88 bits per heavy atom. The maximum atomic E-state index is 11.9. The average molecular weight is 227 g/mol. The molecule has 3 rings (SSSR count). The summed E-state index contributed by atoms with van der Waals surface area (Å²) in [4.78, 5) is 11.9. The quantitative estimate of drug-likeness (QED) is 0.851. The van der Waals surface area contributed by atoms with Crippen LogP contribution in [0.4, 0.5) is 0 Å². The molecule has 1 N–H and O–H groups in total. The zero-order chi connectivity index (χ0) is 11.7. The summed E-state index contributed by atoms with van der Waals surface area (Å²) in [5.41, 5.74) is 0.704. The van der Waals surface area contributed by atoms with E-state index in [1.165, 1.54) is 0 Å². The molecule has 1 amide bonds. The predicted molar refractivity (Wildman–Crippen MR) is 66.0 cm³/mol. The fraction of sp³-hybridized carbons (Fsp3) is 0.214. The highest BCUT2D eigenvalue weighted by molar-refractivity contribution is 5.98. The van der Waals surface area contributed by atoms with Gasteiger partial charge in [0.15, 0.2) is 0 Å². The molecule has 2 aromatic rings. The molecule has 1 aliphatic heterocycles. The molecule has 86 valence electrons. The van der Waals surface area contributed by atoms with Crippen molar-refractivity contribution in [2.24, 2.45) is 0 Å². The van der Waals surface area contributed by atoms with E-state index in [2.05, 4.69) is 5.32 Å². The Kier molecular flexibility index (Phi) is 2.53. The molecule has 0 aliphatic carbocycles. The summed E-state index contributed by atoms with van der Waals surface area (Å²) >= 11 is 0. The van der Waals surface area contributed by atoms with E-state index < -0.39 is 0 Å². The summed E-state index contributed by atoms with van der Waals surface area (Å²) in [6.07, 6.45) is 0. The molecule has 2 aromatic carbocycles. The summed E-state index contributed by atoms with van der Waals surface area (Å²) in [6, 6.07) is 13.9. The van der Waals surface area contributed by atoms with Crippen LogP contribution in [0.15, 0.2) is 42.5 Å². The van der Waals surface area contributed by atoms with Gasteiger partial charge >= 0.3 is 0 Å². The molecule has 0 unspecified atom stereocenters. The van der Waals surface area contributed by atoms with Crippen molar-refractivity contribution in [3.05, 3.63) is 48.0 Å². The highest BCUT2D eigenvalue weighted by Crippen LogP contribution is 2.15. The van der Waals surface area contributed by atoms with E-state index in [1.807, 2.05) is 42.5 Å². The Bertz CT molecular complexity index is 561. The van der Waals surface area contributed by atoms with Crippen molar-refractivity contribution < 1.29 is 9.53 Å². The SMILES string of the molecule is O=C(NC1COC1)c1ccc2ccccc2c1. The molecule has 0 spiro atoms. The van der Waals surface area contributed by atoms with Crippen molar-refractivity contribution in [1.82, 2.24) is 5.32 Å². The monoisotopic (exact) mass is 227 g/mol. The minimum atomic E-state index is -0.0240. The van der Waals surface area contributed by atoms with Crippen LogP contribution in [0.1, 0.15) is 10.4 Å². The first-order valence-electron chi connectivity index (χ1n) is 5.70. The fourth-order valence-corrected chi connectivity index (χ4v) is 1.92. The van der Waals surface area contributed by atoms with E-state index in [-0.39, 0.29) is 11.9 Å². The van der Waals surface area contributed by atoms with E-state index in [0.717, 1.165) is 10.8 Å². The number of ether oxygens (including phenoxy) is 1. The molecular formula is C14H13NO2. The number of hydrogen-bond donors (Lipinski definition) is 1. The maximum absolute atomic E-state index is 11.9. The predicted octanol–water partition coefficient (Wildman–Crippen LogP) is 1.97. The van der Waals surface area contributed by atoms with Gasteiger partial charge in [0, 0.05) is 5.56 Å². The minimum absolute atomic E-state index is 0.0240. The van der Waals surface area contributed by atoms with Gasteiger partial charge in [-0.1, -0.05) is 30.3 Å². The Hall–Kier alpha value is -1.87. The van der Waals surface area contributed by atoms with Crippen LogP contribution >= 0.6 is 0 Å². The first-order chi connectivity index (χ1) is 8.33. The first kappa shape index (κ1) is 10.3. The smallest absolute Gasteiger partial charge is 0.251 e. The topological polar surface area (TPSA) is 38.3 Å². The van der Waals surface area contributed by atoms with E-state index in [1.54, 1.807) is 0 Å². The van der Waals surface area contributed by atoms with Crippen molar-refractivity contribution in [3.8, 4) is 0 Å². The summed E-state index contributed by atoms with van der Waals surface area (Å²) < 4.78 is 5.03. The lowest BCUT2D eigenvalue weighted by molar-refractivity contribution is -0.00346. The van der Waals surface area contributed by atoms with Gasteiger partial charge in [-0.3, -0.25) is 4.79 Å². The van der Waals surface area contributed by atoms with Crippen LogP contribution in [0.3, 0.4) is 0 Å². The second-order valence-corrected chi connectivity index (χ2v) is 4.27. The molecule has 3 heteroatoms. The minimum Gasteiger partial charge on any atom is -0.377 e. The van der Waals surface area contributed by atoms with Crippen LogP contribution < -0.4 is 5.32 Å². The number of carbonyl (C=O) groups is 1. The number of fused-ring (bicyclic) bond motifs is 1. The average Bonchev–Trinajstić information content (AvgIpc) is 2.33. The van der Waals surface area contributed by atoms with Gasteiger partial charge in [0.1, 0.15) is 0 Å². The zero-order valence-corrected chi connectivity index (χ0v) is 9.35. The molecule has 1 heterocycles. The van der Waals surface area contributed by atoms with Crippen molar-refractivity contribution in [3.63, 3.8) is 0 Å². The number of nitrogens with one attached hydrogen (secondary N) is 1. The molecule has 0 bridgehead atoms. The van der Waals surface area contributed by atoms with Gasteiger partial charge in [-0.25, -0.2) is 0 Å². The third-order valence-electron chi connectivity index (χ3n) is 2.98. The summed E-state index contributed by atoms with van der Waals surface area (Å²) in [5, 5.41) is 5.17. The van der Waals surface area contributed by atoms with Crippen molar-refractivity contribution >= 4 is 16.7 Å². The molecule has 3 nitrogen and oxygen atoms in total. The van der Waals surface area contributed by atoms with Gasteiger partial charge in [0.05, 0.1) is 19.3 Å². The van der Waals surface area contributed by atoms with E-state index in [4.69, 9.17) is 4.74 Å². The second-order valence-electron chi connectivity index (χ2n) is 4.27. The van der Waals surface area contributed by atoms with Gasteiger partial charge in [0.2, 0.25) is 0 Å². The van der Waals surface area contributed by atoms with Crippen LogP contribution in [-0.4, -0.2) is 25.2 Å². The Morgan fingerprint density at radius 1 is 1.12 bits per heavy atom. The fourth-order valence-electron chi connectivity index (χ4n) is 1.92. The van der Waals surface area contributed by atoms with E-state index in [0.29, 0.717) is 18.8 Å². The normalized spacial score (nSPS) is 15.5. The van der Waals surface area contributed by atoms with Crippen molar-refractivity contribution in [1.29, 1.82) is 0 Å². The molecule has 17 heavy (non-hydrogen) atoms. The lowest BCUT2D eigenvalue weighted by Crippen LogP contribution is -2.48. The van der Waals surface area contributed by atoms with Gasteiger partial charge < -0.3 is 10.1 Å². The highest BCUT2D eigenvalue weighted by atomic mass is 16.5. The highest BCUT2D eigenvalue weighted by Gasteiger charge is 2.20.